The Morgan fingerprint density at radius 2 is 1.95 bits per heavy atom. The van der Waals surface area contributed by atoms with Crippen LogP contribution >= 0.6 is 11.3 Å². The first-order chi connectivity index (χ1) is 9.95. The van der Waals surface area contributed by atoms with Gasteiger partial charge in [0.1, 0.15) is 4.88 Å². The molecule has 0 bridgehead atoms. The van der Waals surface area contributed by atoms with E-state index in [1.165, 1.54) is 15.8 Å². The number of carboxylic acid groups (broad SMARTS) is 1. The molecule has 0 fully saturated rings. The molecule has 1 heterocycles. The molecule has 2 aromatic rings. The normalized spacial score (nSPS) is 11.7. The third-order valence-corrected chi connectivity index (χ3v) is 5.94. The van der Waals surface area contributed by atoms with Gasteiger partial charge in [0.15, 0.2) is 0 Å². The van der Waals surface area contributed by atoms with Crippen molar-refractivity contribution in [2.24, 2.45) is 0 Å². The molecule has 21 heavy (non-hydrogen) atoms. The van der Waals surface area contributed by atoms with Gasteiger partial charge in [-0.15, -0.1) is 11.3 Å². The Morgan fingerprint density at radius 3 is 2.48 bits per heavy atom. The van der Waals surface area contributed by atoms with E-state index in [2.05, 4.69) is 0 Å². The van der Waals surface area contributed by atoms with E-state index < -0.39 is 16.0 Å². The average Bonchev–Trinajstić information content (AvgIpc) is 2.96. The number of carboxylic acids is 1. The lowest BCUT2D eigenvalue weighted by Gasteiger charge is -2.19. The van der Waals surface area contributed by atoms with E-state index in [-0.39, 0.29) is 16.3 Å². The van der Waals surface area contributed by atoms with E-state index >= 15 is 0 Å². The van der Waals surface area contributed by atoms with Gasteiger partial charge in [-0.3, -0.25) is 0 Å². The topological polar surface area (TPSA) is 74.7 Å². The highest BCUT2D eigenvalue weighted by Gasteiger charge is 2.25. The first-order valence-corrected chi connectivity index (χ1v) is 8.63. The summed E-state index contributed by atoms with van der Waals surface area (Å²) in [5.41, 5.74) is 0.886. The van der Waals surface area contributed by atoms with Crippen LogP contribution in [0.5, 0.6) is 0 Å². The number of sulfonamides is 1. The van der Waals surface area contributed by atoms with Gasteiger partial charge in [0.25, 0.3) is 0 Å². The molecule has 0 radical (unpaired) electrons. The summed E-state index contributed by atoms with van der Waals surface area (Å²) in [4.78, 5) is 10.9. The molecule has 0 unspecified atom stereocenters. The molecular formula is C14H15NO4S2. The zero-order chi connectivity index (χ0) is 15.5. The van der Waals surface area contributed by atoms with Crippen molar-refractivity contribution in [2.75, 3.05) is 6.54 Å². The summed E-state index contributed by atoms with van der Waals surface area (Å²) in [7, 11) is -3.68. The monoisotopic (exact) mass is 325 g/mol. The maximum Gasteiger partial charge on any atom is 0.345 e. The second-order valence-electron chi connectivity index (χ2n) is 4.37. The molecule has 0 saturated heterocycles. The third-order valence-electron chi connectivity index (χ3n) is 2.98. The number of aromatic carboxylic acids is 1. The van der Waals surface area contributed by atoms with Crippen LogP contribution in [0.4, 0.5) is 0 Å². The number of rotatable bonds is 6. The highest BCUT2D eigenvalue weighted by Crippen LogP contribution is 2.23. The van der Waals surface area contributed by atoms with Gasteiger partial charge in [0.2, 0.25) is 10.0 Å². The molecule has 0 atom stereocenters. The van der Waals surface area contributed by atoms with E-state index in [1.807, 2.05) is 30.3 Å². The molecular weight excluding hydrogens is 310 g/mol. The Bertz CT molecular complexity index is 722. The zero-order valence-corrected chi connectivity index (χ0v) is 13.0. The predicted octanol–water partition coefficient (Wildman–Crippen LogP) is 2.66. The summed E-state index contributed by atoms with van der Waals surface area (Å²) in [5.74, 6) is -1.12. The van der Waals surface area contributed by atoms with Crippen LogP contribution in [-0.4, -0.2) is 30.3 Å². The number of hydrogen-bond acceptors (Lipinski definition) is 4. The van der Waals surface area contributed by atoms with Crippen LogP contribution in [0.3, 0.4) is 0 Å². The third kappa shape index (κ3) is 3.49. The first-order valence-electron chi connectivity index (χ1n) is 6.31. The lowest BCUT2D eigenvalue weighted by atomic mass is 10.2. The summed E-state index contributed by atoms with van der Waals surface area (Å²) in [6.45, 7) is 2.33. The highest BCUT2D eigenvalue weighted by molar-refractivity contribution is 7.89. The van der Waals surface area contributed by atoms with Crippen LogP contribution < -0.4 is 0 Å². The lowest BCUT2D eigenvalue weighted by molar-refractivity contribution is 0.0702. The van der Waals surface area contributed by atoms with E-state index in [1.54, 1.807) is 6.92 Å². The Labute approximate surface area is 127 Å². The van der Waals surface area contributed by atoms with Gasteiger partial charge in [-0.05, 0) is 11.6 Å². The molecule has 2 rings (SSSR count). The fourth-order valence-corrected chi connectivity index (χ4v) is 4.41. The van der Waals surface area contributed by atoms with E-state index in [4.69, 9.17) is 5.11 Å². The summed E-state index contributed by atoms with van der Waals surface area (Å²) < 4.78 is 26.4. The molecule has 112 valence electrons. The van der Waals surface area contributed by atoms with Crippen molar-refractivity contribution < 1.29 is 18.3 Å². The Balaban J connectivity index is 2.28. The summed E-state index contributed by atoms with van der Waals surface area (Å²) in [6.07, 6.45) is 0. The fourth-order valence-electron chi connectivity index (χ4n) is 1.87. The summed E-state index contributed by atoms with van der Waals surface area (Å²) in [6, 6.07) is 10.5. The molecule has 0 spiro atoms. The van der Waals surface area contributed by atoms with Gasteiger partial charge in [-0.2, -0.15) is 4.31 Å². The zero-order valence-electron chi connectivity index (χ0n) is 11.4. The van der Waals surface area contributed by atoms with Crippen molar-refractivity contribution in [1.29, 1.82) is 0 Å². The Morgan fingerprint density at radius 1 is 1.29 bits per heavy atom. The maximum atomic E-state index is 12.5. The van der Waals surface area contributed by atoms with E-state index in [0.29, 0.717) is 6.54 Å². The van der Waals surface area contributed by atoms with Crippen molar-refractivity contribution in [3.8, 4) is 0 Å². The number of nitrogens with zero attached hydrogens (tertiary/aromatic N) is 1. The van der Waals surface area contributed by atoms with Crippen LogP contribution in [0.25, 0.3) is 0 Å². The molecule has 5 nitrogen and oxygen atoms in total. The number of thiophene rings is 1. The molecule has 0 saturated carbocycles. The quantitative estimate of drug-likeness (QED) is 0.886. The Kier molecular flexibility index (Phi) is 4.76. The predicted molar refractivity (Wildman–Crippen MR) is 81.0 cm³/mol. The average molecular weight is 325 g/mol. The second-order valence-corrected chi connectivity index (χ2v) is 7.22. The Hall–Kier alpha value is -1.70. The maximum absolute atomic E-state index is 12.5. The van der Waals surface area contributed by atoms with Crippen molar-refractivity contribution >= 4 is 27.3 Å². The van der Waals surface area contributed by atoms with Crippen LogP contribution in [-0.2, 0) is 16.6 Å². The van der Waals surface area contributed by atoms with Crippen molar-refractivity contribution in [2.45, 2.75) is 18.4 Å². The summed E-state index contributed by atoms with van der Waals surface area (Å²) >= 11 is 0.913. The molecule has 0 amide bonds. The highest BCUT2D eigenvalue weighted by atomic mass is 32.2. The summed E-state index contributed by atoms with van der Waals surface area (Å²) in [5, 5.41) is 10.3. The molecule has 0 aliphatic heterocycles. The van der Waals surface area contributed by atoms with Crippen LogP contribution in [0.1, 0.15) is 22.2 Å². The van der Waals surface area contributed by atoms with Crippen molar-refractivity contribution in [3.05, 3.63) is 52.2 Å². The van der Waals surface area contributed by atoms with Gasteiger partial charge in [-0.1, -0.05) is 37.3 Å². The van der Waals surface area contributed by atoms with Gasteiger partial charge in [0.05, 0.1) is 4.90 Å². The van der Waals surface area contributed by atoms with Crippen LogP contribution in [0.2, 0.25) is 0 Å². The fraction of sp³-hybridized carbons (Fsp3) is 0.214. The van der Waals surface area contributed by atoms with Gasteiger partial charge in [-0.25, -0.2) is 13.2 Å². The lowest BCUT2D eigenvalue weighted by Crippen LogP contribution is -2.30. The largest absolute Gasteiger partial charge is 0.477 e. The first kappa shape index (κ1) is 15.7. The number of benzene rings is 1. The number of hydrogen-bond donors (Lipinski definition) is 1. The van der Waals surface area contributed by atoms with E-state index in [9.17, 15) is 13.2 Å². The van der Waals surface area contributed by atoms with Crippen molar-refractivity contribution in [3.63, 3.8) is 0 Å². The molecule has 0 aliphatic rings. The molecule has 7 heteroatoms. The smallest absolute Gasteiger partial charge is 0.345 e. The van der Waals surface area contributed by atoms with Crippen LogP contribution in [0, 0.1) is 0 Å². The molecule has 1 aromatic heterocycles. The number of carbonyl (C=O) groups is 1. The van der Waals surface area contributed by atoms with Gasteiger partial charge in [0, 0.05) is 18.5 Å². The minimum absolute atomic E-state index is 0.0179. The standard InChI is InChI=1S/C14H15NO4S2/c1-2-15(9-11-6-4-3-5-7-11)21(18,19)12-8-13(14(16)17)20-10-12/h3-8,10H,2,9H2,1H3,(H,16,17). The van der Waals surface area contributed by atoms with Gasteiger partial charge < -0.3 is 5.11 Å². The van der Waals surface area contributed by atoms with Crippen LogP contribution in [0.15, 0.2) is 46.7 Å². The van der Waals surface area contributed by atoms with E-state index in [0.717, 1.165) is 16.9 Å². The molecule has 1 N–H and O–H groups in total. The van der Waals surface area contributed by atoms with Crippen molar-refractivity contribution in [1.82, 2.24) is 4.31 Å². The minimum atomic E-state index is -3.68. The molecule has 0 aliphatic carbocycles. The molecule has 1 aromatic carbocycles. The minimum Gasteiger partial charge on any atom is -0.477 e. The second kappa shape index (κ2) is 6.38. The van der Waals surface area contributed by atoms with Gasteiger partial charge >= 0.3 is 5.97 Å². The SMILES string of the molecule is CCN(Cc1ccccc1)S(=O)(=O)c1csc(C(=O)O)c1.